The summed E-state index contributed by atoms with van der Waals surface area (Å²) in [5, 5.41) is 14.3. The van der Waals surface area contributed by atoms with E-state index in [9.17, 15) is 14.7 Å². The normalized spacial score (nSPS) is 13.0. The molecular weight excluding hydrogens is 536 g/mol. The van der Waals surface area contributed by atoms with Crippen molar-refractivity contribution < 1.29 is 19.4 Å². The number of nitrogens with one attached hydrogen (secondary N) is 1. The average Bonchev–Trinajstić information content (AvgIpc) is 3.17. The Balaban J connectivity index is 1.59. The van der Waals surface area contributed by atoms with Crippen LogP contribution in [0.25, 0.3) is 10.9 Å². The van der Waals surface area contributed by atoms with E-state index in [1.807, 2.05) is 58.0 Å². The maximum absolute atomic E-state index is 13.3. The maximum atomic E-state index is 13.3. The molecular formula is C34H39ClN2O4. The van der Waals surface area contributed by atoms with Crippen LogP contribution >= 0.6 is 11.6 Å². The van der Waals surface area contributed by atoms with Crippen LogP contribution in [0, 0.1) is 19.8 Å². The molecule has 41 heavy (non-hydrogen) atoms. The van der Waals surface area contributed by atoms with Crippen molar-refractivity contribution in [2.75, 3.05) is 0 Å². The van der Waals surface area contributed by atoms with Crippen molar-refractivity contribution in [3.63, 3.8) is 0 Å². The van der Waals surface area contributed by atoms with E-state index in [0.717, 1.165) is 33.3 Å². The van der Waals surface area contributed by atoms with Gasteiger partial charge in [-0.2, -0.15) is 0 Å². The number of carbonyl (C=O) groups excluding carboxylic acids is 1. The third kappa shape index (κ3) is 6.59. The lowest BCUT2D eigenvalue weighted by atomic mass is 9.98. The predicted molar refractivity (Wildman–Crippen MR) is 165 cm³/mol. The van der Waals surface area contributed by atoms with E-state index >= 15 is 0 Å². The molecule has 7 heteroatoms. The Morgan fingerprint density at radius 1 is 0.951 bits per heavy atom. The van der Waals surface area contributed by atoms with Gasteiger partial charge in [0.1, 0.15) is 5.75 Å². The van der Waals surface area contributed by atoms with Gasteiger partial charge in [-0.15, -0.1) is 0 Å². The van der Waals surface area contributed by atoms with Gasteiger partial charge in [-0.1, -0.05) is 63.6 Å². The fourth-order valence-electron chi connectivity index (χ4n) is 5.08. The number of aliphatic carboxylic acids is 1. The van der Waals surface area contributed by atoms with Crippen molar-refractivity contribution in [1.29, 1.82) is 0 Å². The molecule has 0 aliphatic rings. The predicted octanol–water partition coefficient (Wildman–Crippen LogP) is 8.06. The standard InChI is InChI=1S/C34H39ClN2O4/c1-19(2)24-9-8-10-25(15-24)22(6)36-33(38)26-11-14-31-29(17-26)21(5)23(7)37(31)18-27-16-28(12-13-30(27)35)41-32(20(3)4)34(39)40/h8-17,19-20,22,32H,18H2,1-7H3,(H,36,38)(H,39,40). The molecule has 0 saturated heterocycles. The van der Waals surface area contributed by atoms with Gasteiger partial charge in [0.25, 0.3) is 5.91 Å². The lowest BCUT2D eigenvalue weighted by Gasteiger charge is -2.19. The molecule has 4 rings (SSSR count). The number of fused-ring (bicyclic) bond motifs is 1. The second-order valence-electron chi connectivity index (χ2n) is 11.4. The molecule has 0 bridgehead atoms. The van der Waals surface area contributed by atoms with Crippen molar-refractivity contribution in [3.8, 4) is 5.75 Å². The number of carboxylic acid groups (broad SMARTS) is 1. The third-order valence-corrected chi connectivity index (χ3v) is 8.15. The van der Waals surface area contributed by atoms with Gasteiger partial charge >= 0.3 is 5.97 Å². The minimum absolute atomic E-state index is 0.120. The van der Waals surface area contributed by atoms with E-state index in [1.165, 1.54) is 5.56 Å². The molecule has 0 radical (unpaired) electrons. The number of nitrogens with zero attached hydrogens (tertiary/aromatic N) is 1. The van der Waals surface area contributed by atoms with Crippen molar-refractivity contribution in [2.24, 2.45) is 5.92 Å². The van der Waals surface area contributed by atoms with Crippen LogP contribution in [0.15, 0.2) is 60.7 Å². The highest BCUT2D eigenvalue weighted by atomic mass is 35.5. The number of hydrogen-bond acceptors (Lipinski definition) is 3. The summed E-state index contributed by atoms with van der Waals surface area (Å²) in [5.74, 6) is -0.433. The van der Waals surface area contributed by atoms with Crippen LogP contribution in [0.3, 0.4) is 0 Å². The van der Waals surface area contributed by atoms with Crippen LogP contribution < -0.4 is 10.1 Å². The van der Waals surface area contributed by atoms with Gasteiger partial charge in [-0.25, -0.2) is 4.79 Å². The molecule has 0 aliphatic carbocycles. The minimum atomic E-state index is -1.00. The molecule has 2 N–H and O–H groups in total. The van der Waals surface area contributed by atoms with Crippen LogP contribution in [0.4, 0.5) is 0 Å². The number of aryl methyl sites for hydroxylation is 1. The molecule has 1 heterocycles. The zero-order valence-electron chi connectivity index (χ0n) is 24.8. The number of rotatable bonds is 10. The van der Waals surface area contributed by atoms with E-state index in [4.69, 9.17) is 16.3 Å². The smallest absolute Gasteiger partial charge is 0.345 e. The van der Waals surface area contributed by atoms with Gasteiger partial charge in [-0.3, -0.25) is 4.79 Å². The zero-order valence-corrected chi connectivity index (χ0v) is 25.5. The van der Waals surface area contributed by atoms with Crippen molar-refractivity contribution in [1.82, 2.24) is 9.88 Å². The molecule has 2 atom stereocenters. The molecule has 1 amide bonds. The molecule has 2 unspecified atom stereocenters. The molecule has 4 aromatic rings. The highest BCUT2D eigenvalue weighted by Gasteiger charge is 2.24. The second kappa shape index (κ2) is 12.4. The largest absolute Gasteiger partial charge is 0.478 e. The summed E-state index contributed by atoms with van der Waals surface area (Å²) < 4.78 is 7.97. The van der Waals surface area contributed by atoms with Gasteiger partial charge in [0.15, 0.2) is 6.10 Å². The van der Waals surface area contributed by atoms with E-state index in [2.05, 4.69) is 42.8 Å². The van der Waals surface area contributed by atoms with Crippen LogP contribution in [0.5, 0.6) is 5.75 Å². The quantitative estimate of drug-likeness (QED) is 0.201. The third-order valence-electron chi connectivity index (χ3n) is 7.78. The Morgan fingerprint density at radius 3 is 2.32 bits per heavy atom. The van der Waals surface area contributed by atoms with Crippen LogP contribution in [-0.2, 0) is 11.3 Å². The first-order valence-electron chi connectivity index (χ1n) is 14.0. The molecule has 6 nitrogen and oxygen atoms in total. The van der Waals surface area contributed by atoms with E-state index in [-0.39, 0.29) is 17.9 Å². The topological polar surface area (TPSA) is 80.6 Å². The van der Waals surface area contributed by atoms with Gasteiger partial charge in [0.2, 0.25) is 0 Å². The number of halogens is 1. The first-order chi connectivity index (χ1) is 19.4. The minimum Gasteiger partial charge on any atom is -0.478 e. The van der Waals surface area contributed by atoms with Gasteiger partial charge in [0.05, 0.1) is 6.04 Å². The number of carbonyl (C=O) groups is 2. The van der Waals surface area contributed by atoms with Crippen LogP contribution in [-0.4, -0.2) is 27.7 Å². The van der Waals surface area contributed by atoms with E-state index < -0.39 is 12.1 Å². The molecule has 0 aliphatic heterocycles. The Labute approximate surface area is 247 Å². The molecule has 3 aromatic carbocycles. The fourth-order valence-corrected chi connectivity index (χ4v) is 5.26. The number of aromatic nitrogens is 1. The Hall–Kier alpha value is -3.77. The van der Waals surface area contributed by atoms with Gasteiger partial charge < -0.3 is 19.7 Å². The number of carboxylic acids is 1. The fraction of sp³-hybridized carbons (Fsp3) is 0.353. The zero-order chi connectivity index (χ0) is 30.0. The van der Waals surface area contributed by atoms with Gasteiger partial charge in [0, 0.05) is 39.6 Å². The molecule has 0 saturated carbocycles. The molecule has 0 spiro atoms. The first kappa shape index (κ1) is 30.2. The summed E-state index contributed by atoms with van der Waals surface area (Å²) in [6.07, 6.45) is -0.952. The second-order valence-corrected chi connectivity index (χ2v) is 11.8. The lowest BCUT2D eigenvalue weighted by Crippen LogP contribution is -2.32. The highest BCUT2D eigenvalue weighted by Crippen LogP contribution is 2.31. The Morgan fingerprint density at radius 2 is 1.66 bits per heavy atom. The summed E-state index contributed by atoms with van der Waals surface area (Å²) in [7, 11) is 0. The van der Waals surface area contributed by atoms with Gasteiger partial charge in [-0.05, 0) is 85.3 Å². The summed E-state index contributed by atoms with van der Waals surface area (Å²) >= 11 is 6.57. The summed E-state index contributed by atoms with van der Waals surface area (Å²) in [6.45, 7) is 14.5. The number of hydrogen-bond donors (Lipinski definition) is 2. The summed E-state index contributed by atoms with van der Waals surface area (Å²) in [5.41, 5.74) is 6.88. The van der Waals surface area contributed by atoms with Crippen molar-refractivity contribution >= 4 is 34.4 Å². The summed E-state index contributed by atoms with van der Waals surface area (Å²) in [6, 6.07) is 19.2. The molecule has 1 aromatic heterocycles. The Bertz CT molecular complexity index is 1590. The van der Waals surface area contributed by atoms with Crippen LogP contribution in [0.2, 0.25) is 5.02 Å². The van der Waals surface area contributed by atoms with Crippen molar-refractivity contribution in [2.45, 2.75) is 73.1 Å². The Kier molecular flexibility index (Phi) is 9.13. The van der Waals surface area contributed by atoms with Crippen LogP contribution in [0.1, 0.15) is 84.9 Å². The first-order valence-corrected chi connectivity index (χ1v) is 14.4. The highest BCUT2D eigenvalue weighted by molar-refractivity contribution is 6.31. The van der Waals surface area contributed by atoms with Crippen molar-refractivity contribution in [3.05, 3.63) is 99.2 Å². The number of amides is 1. The number of benzene rings is 3. The number of ether oxygens (including phenoxy) is 1. The summed E-state index contributed by atoms with van der Waals surface area (Å²) in [4.78, 5) is 24.9. The van der Waals surface area contributed by atoms with E-state index in [1.54, 1.807) is 18.2 Å². The molecule has 216 valence electrons. The lowest BCUT2D eigenvalue weighted by molar-refractivity contribution is -0.147. The monoisotopic (exact) mass is 574 g/mol. The van der Waals surface area contributed by atoms with E-state index in [0.29, 0.717) is 28.8 Å². The molecule has 0 fully saturated rings. The average molecular weight is 575 g/mol. The SMILES string of the molecule is Cc1c(C)n(Cc2cc(OC(C(=O)O)C(C)C)ccc2Cl)c2ccc(C(=O)NC(C)c3cccc(C(C)C)c3)cc12. The maximum Gasteiger partial charge on any atom is 0.345 e.